The normalized spacial score (nSPS) is 22.0. The van der Waals surface area contributed by atoms with Gasteiger partial charge in [-0.25, -0.2) is 0 Å². The number of alkyl halides is 3. The minimum Gasteiger partial charge on any atom is -0.481 e. The second-order valence-electron chi connectivity index (χ2n) is 12.4. The van der Waals surface area contributed by atoms with Gasteiger partial charge in [-0.15, -0.1) is 0 Å². The lowest BCUT2D eigenvalue weighted by atomic mass is 9.81. The highest BCUT2D eigenvalue weighted by molar-refractivity contribution is 5.81. The van der Waals surface area contributed by atoms with Gasteiger partial charge in [-0.2, -0.15) is 23.1 Å². The van der Waals surface area contributed by atoms with Crippen LogP contribution < -0.4 is 14.2 Å². The molecule has 3 saturated heterocycles. The molecule has 10 nitrogen and oxygen atoms in total. The van der Waals surface area contributed by atoms with Gasteiger partial charge in [-0.1, -0.05) is 60.7 Å². The van der Waals surface area contributed by atoms with Crippen molar-refractivity contribution in [1.82, 2.24) is 24.7 Å². The maximum Gasteiger partial charge on any atom is 0.422 e. The summed E-state index contributed by atoms with van der Waals surface area (Å²) >= 11 is 0. The van der Waals surface area contributed by atoms with Gasteiger partial charge in [-0.05, 0) is 30.9 Å². The van der Waals surface area contributed by atoms with Crippen LogP contribution in [0, 0.1) is 0 Å². The Hall–Kier alpha value is -3.94. The van der Waals surface area contributed by atoms with E-state index in [2.05, 4.69) is 44.0 Å². The minimum atomic E-state index is -4.57. The van der Waals surface area contributed by atoms with E-state index in [1.807, 2.05) is 41.3 Å². The maximum absolute atomic E-state index is 13.5. The first-order valence-corrected chi connectivity index (χ1v) is 16.5. The summed E-state index contributed by atoms with van der Waals surface area (Å²) in [5.41, 5.74) is 2.61. The van der Waals surface area contributed by atoms with Gasteiger partial charge in [0.2, 0.25) is 11.8 Å². The van der Waals surface area contributed by atoms with Crippen LogP contribution in [0.5, 0.6) is 17.8 Å². The highest BCUT2D eigenvalue weighted by atomic mass is 19.4. The lowest BCUT2D eigenvalue weighted by Crippen LogP contribution is -2.67. The van der Waals surface area contributed by atoms with E-state index in [0.29, 0.717) is 44.9 Å². The predicted molar refractivity (Wildman–Crippen MR) is 171 cm³/mol. The predicted octanol–water partition coefficient (Wildman–Crippen LogP) is 4.53. The largest absolute Gasteiger partial charge is 0.481 e. The topological polar surface area (TPSA) is 89.5 Å². The molecule has 0 radical (unpaired) electrons. The summed E-state index contributed by atoms with van der Waals surface area (Å²) in [4.78, 5) is 28.6. The smallest absolute Gasteiger partial charge is 0.422 e. The number of carbonyl (C=O) groups is 1. The molecule has 0 aliphatic carbocycles. The number of piperazine rings is 2. The van der Waals surface area contributed by atoms with Crippen LogP contribution in [-0.2, 0) is 16.1 Å². The molecular formula is C35H42F3N5O5. The van der Waals surface area contributed by atoms with Gasteiger partial charge in [0.05, 0.1) is 19.3 Å². The average molecular weight is 670 g/mol. The molecule has 3 atom stereocenters. The van der Waals surface area contributed by atoms with E-state index in [9.17, 15) is 18.0 Å². The number of carbonyl (C=O) groups excluding carboxylic acids is 1. The van der Waals surface area contributed by atoms with Crippen molar-refractivity contribution < 1.29 is 36.9 Å². The Kier molecular flexibility index (Phi) is 10.7. The van der Waals surface area contributed by atoms with E-state index in [1.165, 1.54) is 7.11 Å². The number of fused-ring (bicyclic) bond motifs is 1. The molecule has 2 aromatic carbocycles. The summed E-state index contributed by atoms with van der Waals surface area (Å²) in [5, 5.41) is 0. The summed E-state index contributed by atoms with van der Waals surface area (Å²) in [6.45, 7) is 4.12. The van der Waals surface area contributed by atoms with Crippen molar-refractivity contribution in [2.75, 3.05) is 59.7 Å². The molecule has 3 fully saturated rings. The molecule has 0 saturated carbocycles. The molecule has 1 aromatic heterocycles. The van der Waals surface area contributed by atoms with Gasteiger partial charge in [0.25, 0.3) is 5.91 Å². The Balaban J connectivity index is 1.36. The second-order valence-corrected chi connectivity index (χ2v) is 12.4. The van der Waals surface area contributed by atoms with Crippen molar-refractivity contribution in [2.45, 2.75) is 56.6 Å². The van der Waals surface area contributed by atoms with E-state index >= 15 is 0 Å². The van der Waals surface area contributed by atoms with Crippen LogP contribution in [0.15, 0.2) is 60.7 Å². The molecule has 13 heteroatoms. The quantitative estimate of drug-likeness (QED) is 0.292. The van der Waals surface area contributed by atoms with Crippen molar-refractivity contribution in [3.63, 3.8) is 0 Å². The molecular weight excluding hydrogens is 627 g/mol. The molecule has 3 aliphatic heterocycles. The molecule has 0 unspecified atom stereocenters. The number of rotatable bonds is 11. The lowest BCUT2D eigenvalue weighted by Gasteiger charge is -2.53. The molecule has 3 aliphatic rings. The van der Waals surface area contributed by atoms with Crippen LogP contribution in [0.2, 0.25) is 0 Å². The first-order valence-electron chi connectivity index (χ1n) is 16.5. The second kappa shape index (κ2) is 15.1. The van der Waals surface area contributed by atoms with Crippen molar-refractivity contribution in [3.8, 4) is 17.8 Å². The third-order valence-corrected chi connectivity index (χ3v) is 9.22. The molecule has 0 N–H and O–H groups in total. The third-order valence-electron chi connectivity index (χ3n) is 9.22. The van der Waals surface area contributed by atoms with Gasteiger partial charge in [0, 0.05) is 63.9 Å². The highest BCUT2D eigenvalue weighted by Crippen LogP contribution is 2.38. The van der Waals surface area contributed by atoms with E-state index in [1.54, 1.807) is 6.92 Å². The van der Waals surface area contributed by atoms with Gasteiger partial charge in [-0.3, -0.25) is 14.6 Å². The number of nitrogens with zero attached hydrogens (tertiary/aromatic N) is 5. The van der Waals surface area contributed by atoms with E-state index < -0.39 is 18.9 Å². The number of amides is 1. The lowest BCUT2D eigenvalue weighted by molar-refractivity contribution is -0.154. The number of ether oxygens (including phenoxy) is 4. The van der Waals surface area contributed by atoms with Crippen LogP contribution in [0.25, 0.3) is 0 Å². The van der Waals surface area contributed by atoms with Gasteiger partial charge in [0.1, 0.15) is 6.10 Å². The Morgan fingerprint density at radius 3 is 2.25 bits per heavy atom. The molecule has 0 bridgehead atoms. The molecule has 48 heavy (non-hydrogen) atoms. The number of halogens is 3. The number of hydrogen-bond acceptors (Lipinski definition) is 9. The molecule has 3 aromatic rings. The molecule has 0 spiro atoms. The number of hydrogen-bond donors (Lipinski definition) is 0. The van der Waals surface area contributed by atoms with Crippen LogP contribution in [-0.4, -0.2) is 115 Å². The first kappa shape index (κ1) is 33.9. The third kappa shape index (κ3) is 7.85. The summed E-state index contributed by atoms with van der Waals surface area (Å²) in [7, 11) is 1.41. The van der Waals surface area contributed by atoms with Gasteiger partial charge < -0.3 is 23.8 Å². The summed E-state index contributed by atoms with van der Waals surface area (Å²) in [6, 6.07) is 20.5. The molecule has 6 rings (SSSR count). The molecule has 4 heterocycles. The van der Waals surface area contributed by atoms with E-state index in [-0.39, 0.29) is 54.8 Å². The highest BCUT2D eigenvalue weighted by Gasteiger charge is 2.44. The van der Waals surface area contributed by atoms with E-state index in [0.717, 1.165) is 24.0 Å². The van der Waals surface area contributed by atoms with Crippen LogP contribution >= 0.6 is 0 Å². The monoisotopic (exact) mass is 669 g/mol. The van der Waals surface area contributed by atoms with Crippen molar-refractivity contribution in [1.29, 1.82) is 0 Å². The van der Waals surface area contributed by atoms with Crippen LogP contribution in [0.4, 0.5) is 13.2 Å². The number of benzene rings is 2. The summed E-state index contributed by atoms with van der Waals surface area (Å²) < 4.78 is 62.0. The maximum atomic E-state index is 13.5. The van der Waals surface area contributed by atoms with Crippen LogP contribution in [0.3, 0.4) is 0 Å². The van der Waals surface area contributed by atoms with Crippen molar-refractivity contribution >= 4 is 5.91 Å². The summed E-state index contributed by atoms with van der Waals surface area (Å²) in [5.74, 6) is -0.139. The average Bonchev–Trinajstić information content (AvgIpc) is 3.64. The van der Waals surface area contributed by atoms with Crippen molar-refractivity contribution in [2.24, 2.45) is 0 Å². The fraction of sp³-hybridized carbons (Fsp3) is 0.514. The zero-order chi connectivity index (χ0) is 33.7. The standard InChI is InChI=1S/C35H42F3N5O5/c1-3-46-34-39-31(45-2)27(32(40-34)48-23-35(36,37)38)21-41-19-26-20-42(33(44)29-15-10-18-47-29)16-17-43(26)28(22-41)30(24-11-6-4-7-12-24)25-13-8-5-9-14-25/h4-9,11-14,26,28-30H,3,10,15-23H2,1-2H3/t26-,28+,29+/m1/s1. The Labute approximate surface area is 278 Å². The van der Waals surface area contributed by atoms with Crippen molar-refractivity contribution in [3.05, 3.63) is 77.4 Å². The van der Waals surface area contributed by atoms with E-state index in [4.69, 9.17) is 18.9 Å². The zero-order valence-corrected chi connectivity index (χ0v) is 27.3. The molecule has 1 amide bonds. The Bertz CT molecular complexity index is 1470. The summed E-state index contributed by atoms with van der Waals surface area (Å²) in [6.07, 6.45) is -3.39. The Morgan fingerprint density at radius 1 is 0.958 bits per heavy atom. The minimum absolute atomic E-state index is 0.0162. The fourth-order valence-electron chi connectivity index (χ4n) is 7.19. The molecule has 258 valence electrons. The van der Waals surface area contributed by atoms with Gasteiger partial charge in [0.15, 0.2) is 6.61 Å². The zero-order valence-electron chi connectivity index (χ0n) is 27.3. The number of aromatic nitrogens is 2. The first-order chi connectivity index (χ1) is 23.2. The van der Waals surface area contributed by atoms with Crippen LogP contribution in [0.1, 0.15) is 42.4 Å². The fourth-order valence-corrected chi connectivity index (χ4v) is 7.19. The SMILES string of the molecule is CCOc1nc(OC)c(CN2C[C@@H]3CN(C(=O)[C@@H]4CCCO4)CCN3[C@H](C(c3ccccc3)c3ccccc3)C2)c(OCC(F)(F)F)n1. The van der Waals surface area contributed by atoms with Gasteiger partial charge >= 0.3 is 12.2 Å². The Morgan fingerprint density at radius 2 is 1.65 bits per heavy atom. The number of methoxy groups -OCH3 is 1.